The van der Waals surface area contributed by atoms with Gasteiger partial charge in [-0.3, -0.25) is 14.6 Å². The lowest BCUT2D eigenvalue weighted by Gasteiger charge is -2.38. The predicted molar refractivity (Wildman–Crippen MR) is 175 cm³/mol. The van der Waals surface area contributed by atoms with Crippen LogP contribution in [0.2, 0.25) is 0 Å². The molecule has 0 radical (unpaired) electrons. The molecule has 3 N–H and O–H groups in total. The Hall–Kier alpha value is -2.01. The summed E-state index contributed by atoms with van der Waals surface area (Å²) in [5.41, 5.74) is 1.06. The third-order valence-electron chi connectivity index (χ3n) is 7.21. The Morgan fingerprint density at radius 1 is 1.12 bits per heavy atom. The lowest BCUT2D eigenvalue weighted by atomic mass is 10.00. The summed E-state index contributed by atoms with van der Waals surface area (Å²) in [7, 11) is 1.70. The molecule has 9 nitrogen and oxygen atoms in total. The van der Waals surface area contributed by atoms with E-state index in [1.54, 1.807) is 7.05 Å². The monoisotopic (exact) mass is 611 g/mol. The van der Waals surface area contributed by atoms with E-state index in [0.717, 1.165) is 82.1 Å². The van der Waals surface area contributed by atoms with Crippen molar-refractivity contribution in [3.63, 3.8) is 0 Å². The number of hydrogen-bond acceptors (Lipinski definition) is 8. The van der Waals surface area contributed by atoms with Crippen molar-refractivity contribution in [1.82, 2.24) is 25.3 Å². The molecule has 0 bridgehead atoms. The quantitative estimate of drug-likeness (QED) is 0.155. The normalized spacial score (nSPS) is 21.0. The van der Waals surface area contributed by atoms with Gasteiger partial charge in [0.15, 0.2) is 11.6 Å². The maximum atomic E-state index is 10.7. The third kappa shape index (κ3) is 15.2. The first-order chi connectivity index (χ1) is 19.7. The Bertz CT molecular complexity index is 928. The highest BCUT2D eigenvalue weighted by molar-refractivity contribution is 6.66. The van der Waals surface area contributed by atoms with E-state index in [0.29, 0.717) is 35.9 Å². The molecule has 1 unspecified atom stereocenters. The van der Waals surface area contributed by atoms with Crippen LogP contribution in [0.4, 0.5) is 0 Å². The van der Waals surface area contributed by atoms with E-state index >= 15 is 0 Å². The second kappa shape index (κ2) is 21.7. The molecule has 2 saturated heterocycles. The fourth-order valence-electron chi connectivity index (χ4n) is 4.89. The van der Waals surface area contributed by atoms with Crippen LogP contribution in [0, 0.1) is 5.92 Å². The summed E-state index contributed by atoms with van der Waals surface area (Å²) in [6.07, 6.45) is 10.7. The molecular weight excluding hydrogens is 561 g/mol. The van der Waals surface area contributed by atoms with Gasteiger partial charge in [0.05, 0.1) is 13.2 Å². The minimum atomic E-state index is 0.240. The zero-order chi connectivity index (χ0) is 30.6. The van der Waals surface area contributed by atoms with E-state index in [1.807, 2.05) is 32.1 Å². The molecule has 2 rings (SSSR count). The first-order valence-corrected chi connectivity index (χ1v) is 15.2. The highest BCUT2D eigenvalue weighted by Gasteiger charge is 2.29. The number of nitrogens with zero attached hydrogens (tertiary/aromatic N) is 5. The SMILES string of the molecule is C=C(C)C=CC/C(Cl)=C\C.C=N/C(NC=O)=C(\N=C(\Cl)CN1CCN(C2CCN(CCO)CC2)CC(CC)C1)NC. The summed E-state index contributed by atoms with van der Waals surface area (Å²) < 4.78 is 0. The van der Waals surface area contributed by atoms with E-state index < -0.39 is 0 Å². The molecular formula is C30H51Cl2N7O2. The number of piperidine rings is 1. The molecule has 1 atom stereocenters. The van der Waals surface area contributed by atoms with Crippen LogP contribution in [0.5, 0.6) is 0 Å². The van der Waals surface area contributed by atoms with Gasteiger partial charge < -0.3 is 20.6 Å². The molecule has 41 heavy (non-hydrogen) atoms. The van der Waals surface area contributed by atoms with Crippen LogP contribution in [0.1, 0.15) is 46.5 Å². The van der Waals surface area contributed by atoms with E-state index in [2.05, 4.69) is 55.5 Å². The molecule has 2 aliphatic heterocycles. The maximum Gasteiger partial charge on any atom is 0.212 e. The Balaban J connectivity index is 0.000000716. The molecule has 2 fully saturated rings. The number of aliphatic hydroxyl groups excluding tert-OH is 1. The average Bonchev–Trinajstić information content (AvgIpc) is 3.17. The average molecular weight is 613 g/mol. The first kappa shape index (κ1) is 37.0. The minimum Gasteiger partial charge on any atom is -0.395 e. The summed E-state index contributed by atoms with van der Waals surface area (Å²) in [5, 5.41) is 15.9. The number of carbonyl (C=O) groups excluding carboxylic acids is 1. The smallest absolute Gasteiger partial charge is 0.212 e. The summed E-state index contributed by atoms with van der Waals surface area (Å²) in [4.78, 5) is 26.3. The number of β-amino-alcohol motifs (C(OH)–C–C–N with tert-alkyl or cyclic N) is 1. The first-order valence-electron chi connectivity index (χ1n) is 14.4. The van der Waals surface area contributed by atoms with Crippen LogP contribution >= 0.6 is 23.2 Å². The minimum absolute atomic E-state index is 0.240. The molecule has 0 aromatic carbocycles. The zero-order valence-corrected chi connectivity index (χ0v) is 26.9. The summed E-state index contributed by atoms with van der Waals surface area (Å²) in [5.74, 6) is 1.21. The van der Waals surface area contributed by atoms with Crippen molar-refractivity contribution in [3.8, 4) is 0 Å². The van der Waals surface area contributed by atoms with Gasteiger partial charge in [0, 0.05) is 57.3 Å². The number of aliphatic imine (C=N–C) groups is 2. The number of likely N-dealkylation sites (tertiary alicyclic amines) is 1. The van der Waals surface area contributed by atoms with Crippen molar-refractivity contribution in [1.29, 1.82) is 0 Å². The van der Waals surface area contributed by atoms with Gasteiger partial charge in [-0.15, -0.1) is 0 Å². The second-order valence-electron chi connectivity index (χ2n) is 10.3. The molecule has 1 amide bonds. The lowest BCUT2D eigenvalue weighted by Crippen LogP contribution is -2.47. The summed E-state index contributed by atoms with van der Waals surface area (Å²) in [6, 6.07) is 0.613. The van der Waals surface area contributed by atoms with Crippen LogP contribution in [-0.2, 0) is 4.79 Å². The van der Waals surface area contributed by atoms with Crippen molar-refractivity contribution in [2.45, 2.75) is 52.5 Å². The Labute approximate surface area is 257 Å². The van der Waals surface area contributed by atoms with Crippen molar-refractivity contribution in [2.75, 3.05) is 66.0 Å². The fourth-order valence-corrected chi connectivity index (χ4v) is 5.24. The van der Waals surface area contributed by atoms with Crippen LogP contribution in [0.15, 0.2) is 57.0 Å². The molecule has 0 saturated carbocycles. The van der Waals surface area contributed by atoms with Crippen LogP contribution in [0.25, 0.3) is 0 Å². The standard InChI is InChI=1S/C21H38ClN7O2.C9H13Cl/c1-4-17-13-28(15-19(22)26-21(24-3)20(23-2)25-16-31)9-10-29(14-17)18-5-7-27(8-6-18)11-12-30;1-4-9(10)7-5-6-8(2)3/h16-18,24,30H,2,4-15H2,1,3H3,(H,25,31);4-6H,2,7H2,1,3H3/b21-20+,26-19+;6-5?,9-4+. The highest BCUT2D eigenvalue weighted by Crippen LogP contribution is 2.22. The molecule has 0 aromatic rings. The van der Waals surface area contributed by atoms with E-state index in [4.69, 9.17) is 28.3 Å². The molecule has 2 aliphatic rings. The molecule has 232 valence electrons. The van der Waals surface area contributed by atoms with E-state index in [1.165, 1.54) is 0 Å². The second-order valence-corrected chi connectivity index (χ2v) is 11.3. The van der Waals surface area contributed by atoms with Gasteiger partial charge in [0.25, 0.3) is 0 Å². The summed E-state index contributed by atoms with van der Waals surface area (Å²) >= 11 is 12.2. The van der Waals surface area contributed by atoms with Crippen LogP contribution < -0.4 is 10.6 Å². The molecule has 0 aromatic heterocycles. The Morgan fingerprint density at radius 2 is 1.83 bits per heavy atom. The Kier molecular flexibility index (Phi) is 19.6. The third-order valence-corrected chi connectivity index (χ3v) is 7.79. The van der Waals surface area contributed by atoms with E-state index in [9.17, 15) is 4.79 Å². The Morgan fingerprint density at radius 3 is 2.37 bits per heavy atom. The van der Waals surface area contributed by atoms with Gasteiger partial charge in [-0.2, -0.15) is 0 Å². The predicted octanol–water partition coefficient (Wildman–Crippen LogP) is 4.17. The van der Waals surface area contributed by atoms with Gasteiger partial charge in [-0.1, -0.05) is 66.9 Å². The van der Waals surface area contributed by atoms with Crippen LogP contribution in [-0.4, -0.2) is 110 Å². The number of rotatable bonds is 14. The van der Waals surface area contributed by atoms with Gasteiger partial charge in [0.2, 0.25) is 6.41 Å². The molecule has 2 heterocycles. The number of aliphatic hydroxyl groups is 1. The maximum absolute atomic E-state index is 10.7. The molecule has 0 aliphatic carbocycles. The molecule has 11 heteroatoms. The van der Waals surface area contributed by atoms with Crippen molar-refractivity contribution < 1.29 is 9.90 Å². The zero-order valence-electron chi connectivity index (χ0n) is 25.4. The van der Waals surface area contributed by atoms with E-state index in [-0.39, 0.29) is 12.4 Å². The number of amides is 1. The van der Waals surface area contributed by atoms with Gasteiger partial charge >= 0.3 is 0 Å². The number of hydrogen-bond donors (Lipinski definition) is 3. The highest BCUT2D eigenvalue weighted by atomic mass is 35.5. The number of halogens is 2. The molecule has 0 spiro atoms. The van der Waals surface area contributed by atoms with Crippen LogP contribution in [0.3, 0.4) is 0 Å². The van der Waals surface area contributed by atoms with Gasteiger partial charge in [-0.25, -0.2) is 9.98 Å². The summed E-state index contributed by atoms with van der Waals surface area (Å²) in [6.45, 7) is 21.1. The largest absolute Gasteiger partial charge is 0.395 e. The lowest BCUT2D eigenvalue weighted by molar-refractivity contribution is -0.108. The van der Waals surface area contributed by atoms with Crippen molar-refractivity contribution in [2.24, 2.45) is 15.9 Å². The topological polar surface area (TPSA) is 95.8 Å². The number of nitrogens with one attached hydrogen (secondary N) is 2. The number of carbonyl (C=O) groups is 1. The van der Waals surface area contributed by atoms with Gasteiger partial charge in [-0.05, 0) is 52.4 Å². The number of allylic oxidation sites excluding steroid dienone is 5. The van der Waals surface area contributed by atoms with Gasteiger partial charge in [0.1, 0.15) is 5.17 Å². The van der Waals surface area contributed by atoms with Crippen molar-refractivity contribution >= 4 is 41.5 Å². The van der Waals surface area contributed by atoms with Crippen molar-refractivity contribution in [3.05, 3.63) is 47.1 Å². The fraction of sp³-hybridized carbons (Fsp3) is 0.633.